The number of alkyl halides is 2. The van der Waals surface area contributed by atoms with Crippen molar-refractivity contribution >= 4 is 5.97 Å². The maximum absolute atomic E-state index is 13.3. The van der Waals surface area contributed by atoms with Gasteiger partial charge in [0.25, 0.3) is 0 Å². The summed E-state index contributed by atoms with van der Waals surface area (Å²) >= 11 is 0. The van der Waals surface area contributed by atoms with Gasteiger partial charge in [0.15, 0.2) is 0 Å². The molecule has 1 aliphatic rings. The Kier molecular flexibility index (Phi) is 3.84. The third kappa shape index (κ3) is 2.42. The Hall–Kier alpha value is -0.670. The number of esters is 1. The normalized spacial score (nSPS) is 38.9. The summed E-state index contributed by atoms with van der Waals surface area (Å²) in [4.78, 5) is 11.2. The minimum Gasteiger partial charge on any atom is -0.469 e. The van der Waals surface area contributed by atoms with E-state index in [1.54, 1.807) is 6.92 Å². The van der Waals surface area contributed by atoms with Gasteiger partial charge in [0.05, 0.1) is 13.0 Å². The second-order valence-corrected chi connectivity index (χ2v) is 3.97. The van der Waals surface area contributed by atoms with Crippen LogP contribution in [0.1, 0.15) is 26.2 Å². The summed E-state index contributed by atoms with van der Waals surface area (Å²) in [6.07, 6.45) is -1.95. The summed E-state index contributed by atoms with van der Waals surface area (Å²) in [5.74, 6) is -1.20. The number of hydrogen-bond donors (Lipinski definition) is 0. The molecule has 0 amide bonds. The highest BCUT2D eigenvalue weighted by molar-refractivity contribution is 5.72. The van der Waals surface area contributed by atoms with Crippen molar-refractivity contribution in [1.82, 2.24) is 0 Å². The molecule has 0 aliphatic heterocycles. The monoisotopic (exact) mass is 206 g/mol. The Morgan fingerprint density at radius 3 is 2.57 bits per heavy atom. The first-order chi connectivity index (χ1) is 6.56. The average Bonchev–Trinajstić information content (AvgIpc) is 2.31. The molecule has 4 atom stereocenters. The first kappa shape index (κ1) is 11.4. The maximum atomic E-state index is 13.3. The molecule has 0 aromatic rings. The zero-order valence-corrected chi connectivity index (χ0v) is 8.50. The summed E-state index contributed by atoms with van der Waals surface area (Å²) in [7, 11) is 1.27. The molecule has 0 saturated heterocycles. The molecule has 4 heteroatoms. The summed E-state index contributed by atoms with van der Waals surface area (Å²) < 4.78 is 31.0. The van der Waals surface area contributed by atoms with Crippen LogP contribution in [0.4, 0.5) is 8.78 Å². The second-order valence-electron chi connectivity index (χ2n) is 3.97. The number of rotatable bonds is 1. The second kappa shape index (κ2) is 4.71. The lowest BCUT2D eigenvalue weighted by atomic mass is 9.99. The molecule has 0 heterocycles. The van der Waals surface area contributed by atoms with E-state index in [-0.39, 0.29) is 12.3 Å². The molecular weight excluding hydrogens is 190 g/mol. The van der Waals surface area contributed by atoms with Crippen LogP contribution in [0.3, 0.4) is 0 Å². The van der Waals surface area contributed by atoms with Crippen LogP contribution in [0.25, 0.3) is 0 Å². The third-order valence-corrected chi connectivity index (χ3v) is 2.90. The number of halogens is 2. The van der Waals surface area contributed by atoms with Crippen molar-refractivity contribution in [2.75, 3.05) is 7.11 Å². The molecule has 1 saturated carbocycles. The SMILES string of the molecule is COC(=O)C1CCC(C)C(F)C(F)C1. The van der Waals surface area contributed by atoms with Gasteiger partial charge in [-0.1, -0.05) is 6.92 Å². The molecule has 0 aromatic heterocycles. The zero-order chi connectivity index (χ0) is 10.7. The van der Waals surface area contributed by atoms with Crippen LogP contribution in [0, 0.1) is 11.8 Å². The fraction of sp³-hybridized carbons (Fsp3) is 0.900. The fourth-order valence-corrected chi connectivity index (χ4v) is 1.88. The van der Waals surface area contributed by atoms with Crippen LogP contribution < -0.4 is 0 Å². The maximum Gasteiger partial charge on any atom is 0.308 e. The van der Waals surface area contributed by atoms with Gasteiger partial charge in [-0.05, 0) is 25.2 Å². The number of carbonyl (C=O) groups excluding carboxylic acids is 1. The van der Waals surface area contributed by atoms with Crippen LogP contribution in [0.15, 0.2) is 0 Å². The van der Waals surface area contributed by atoms with Crippen molar-refractivity contribution in [1.29, 1.82) is 0 Å². The van der Waals surface area contributed by atoms with Gasteiger partial charge in [0.1, 0.15) is 12.3 Å². The Labute approximate surface area is 82.6 Å². The van der Waals surface area contributed by atoms with Crippen LogP contribution in [0.5, 0.6) is 0 Å². The predicted molar refractivity (Wildman–Crippen MR) is 48.3 cm³/mol. The predicted octanol–water partition coefficient (Wildman–Crippen LogP) is 2.27. The molecule has 0 spiro atoms. The summed E-state index contributed by atoms with van der Waals surface area (Å²) in [5.41, 5.74) is 0. The van der Waals surface area contributed by atoms with E-state index in [9.17, 15) is 13.6 Å². The lowest BCUT2D eigenvalue weighted by Crippen LogP contribution is -2.25. The van der Waals surface area contributed by atoms with Crippen LogP contribution in [-0.4, -0.2) is 25.4 Å². The van der Waals surface area contributed by atoms with E-state index in [1.807, 2.05) is 0 Å². The Balaban J connectivity index is 2.63. The van der Waals surface area contributed by atoms with Gasteiger partial charge in [-0.15, -0.1) is 0 Å². The molecule has 0 bridgehead atoms. The van der Waals surface area contributed by atoms with Crippen molar-refractivity contribution in [2.45, 2.75) is 38.5 Å². The standard InChI is InChI=1S/C10H16F2O2/c1-6-3-4-7(10(13)14-2)5-8(11)9(6)12/h6-9H,3-5H2,1-2H3. The van der Waals surface area contributed by atoms with Crippen molar-refractivity contribution in [3.05, 3.63) is 0 Å². The van der Waals surface area contributed by atoms with Gasteiger partial charge >= 0.3 is 5.97 Å². The van der Waals surface area contributed by atoms with Crippen LogP contribution in [-0.2, 0) is 9.53 Å². The van der Waals surface area contributed by atoms with Crippen molar-refractivity contribution in [3.63, 3.8) is 0 Å². The van der Waals surface area contributed by atoms with E-state index >= 15 is 0 Å². The summed E-state index contributed by atoms with van der Waals surface area (Å²) in [6, 6.07) is 0. The molecule has 14 heavy (non-hydrogen) atoms. The summed E-state index contributed by atoms with van der Waals surface area (Å²) in [5, 5.41) is 0. The number of hydrogen-bond acceptors (Lipinski definition) is 2. The number of methoxy groups -OCH3 is 1. The molecular formula is C10H16F2O2. The van der Waals surface area contributed by atoms with Crippen LogP contribution >= 0.6 is 0 Å². The zero-order valence-electron chi connectivity index (χ0n) is 8.50. The molecule has 0 radical (unpaired) electrons. The number of carbonyl (C=O) groups is 1. The molecule has 0 N–H and O–H groups in total. The van der Waals surface area contributed by atoms with Gasteiger partial charge in [0.2, 0.25) is 0 Å². The van der Waals surface area contributed by atoms with Gasteiger partial charge in [0, 0.05) is 0 Å². The average molecular weight is 206 g/mol. The van der Waals surface area contributed by atoms with Crippen molar-refractivity contribution < 1.29 is 18.3 Å². The highest BCUT2D eigenvalue weighted by Crippen LogP contribution is 2.31. The lowest BCUT2D eigenvalue weighted by Gasteiger charge is -2.15. The van der Waals surface area contributed by atoms with Gasteiger partial charge in [-0.3, -0.25) is 4.79 Å². The topological polar surface area (TPSA) is 26.3 Å². The van der Waals surface area contributed by atoms with Crippen LogP contribution in [0.2, 0.25) is 0 Å². The number of ether oxygens (including phenoxy) is 1. The Morgan fingerprint density at radius 1 is 1.36 bits per heavy atom. The quantitative estimate of drug-likeness (QED) is 0.486. The third-order valence-electron chi connectivity index (χ3n) is 2.90. The molecule has 82 valence electrons. The molecule has 1 fully saturated rings. The minimum absolute atomic E-state index is 0.0435. The van der Waals surface area contributed by atoms with Gasteiger partial charge < -0.3 is 4.74 Å². The van der Waals surface area contributed by atoms with Gasteiger partial charge in [-0.2, -0.15) is 0 Å². The highest BCUT2D eigenvalue weighted by Gasteiger charge is 2.35. The molecule has 1 rings (SSSR count). The molecule has 4 unspecified atom stereocenters. The van der Waals surface area contributed by atoms with E-state index in [2.05, 4.69) is 4.74 Å². The minimum atomic E-state index is -1.53. The largest absolute Gasteiger partial charge is 0.469 e. The first-order valence-corrected chi connectivity index (χ1v) is 4.92. The molecule has 1 aliphatic carbocycles. The smallest absolute Gasteiger partial charge is 0.308 e. The fourth-order valence-electron chi connectivity index (χ4n) is 1.88. The van der Waals surface area contributed by atoms with E-state index < -0.39 is 24.2 Å². The van der Waals surface area contributed by atoms with Gasteiger partial charge in [-0.25, -0.2) is 8.78 Å². The summed E-state index contributed by atoms with van der Waals surface area (Å²) in [6.45, 7) is 1.68. The molecule has 2 nitrogen and oxygen atoms in total. The van der Waals surface area contributed by atoms with Crippen molar-refractivity contribution in [3.8, 4) is 0 Å². The lowest BCUT2D eigenvalue weighted by molar-refractivity contribution is -0.146. The first-order valence-electron chi connectivity index (χ1n) is 4.92. The van der Waals surface area contributed by atoms with E-state index in [0.717, 1.165) is 0 Å². The van der Waals surface area contributed by atoms with E-state index in [0.29, 0.717) is 12.8 Å². The van der Waals surface area contributed by atoms with E-state index in [1.165, 1.54) is 7.11 Å². The highest BCUT2D eigenvalue weighted by atomic mass is 19.2. The Morgan fingerprint density at radius 2 is 2.00 bits per heavy atom. The Bertz CT molecular complexity index is 208. The van der Waals surface area contributed by atoms with Crippen molar-refractivity contribution in [2.24, 2.45) is 11.8 Å². The van der Waals surface area contributed by atoms with E-state index in [4.69, 9.17) is 0 Å². The molecule has 0 aromatic carbocycles.